The van der Waals surface area contributed by atoms with E-state index in [0.29, 0.717) is 26.9 Å². The van der Waals surface area contributed by atoms with Crippen LogP contribution in [-0.2, 0) is 0 Å². The summed E-state index contributed by atoms with van der Waals surface area (Å²) in [5, 5.41) is 9.56. The van der Waals surface area contributed by atoms with E-state index in [9.17, 15) is 4.39 Å². The first kappa shape index (κ1) is 16.0. The fourth-order valence-electron chi connectivity index (χ4n) is 1.50. The van der Waals surface area contributed by atoms with Gasteiger partial charge in [0, 0.05) is 11.1 Å². The van der Waals surface area contributed by atoms with Crippen molar-refractivity contribution in [3.05, 3.63) is 44.7 Å². The molecule has 5 heteroatoms. The maximum absolute atomic E-state index is 13.1. The molecule has 0 atom stereocenters. The SMILES string of the molecule is COc1cc(Cl)c(C=CC(C)=C(F)CO)c(Cl)c1C. The number of allylic oxidation sites excluding steroid dienone is 2. The molecule has 0 amide bonds. The summed E-state index contributed by atoms with van der Waals surface area (Å²) < 4.78 is 18.3. The van der Waals surface area contributed by atoms with E-state index < -0.39 is 12.4 Å². The van der Waals surface area contributed by atoms with Crippen LogP contribution in [0, 0.1) is 6.92 Å². The van der Waals surface area contributed by atoms with Crippen LogP contribution in [0.5, 0.6) is 5.75 Å². The van der Waals surface area contributed by atoms with Crippen molar-refractivity contribution in [2.24, 2.45) is 0 Å². The van der Waals surface area contributed by atoms with Crippen LogP contribution < -0.4 is 4.74 Å². The highest BCUT2D eigenvalue weighted by atomic mass is 35.5. The van der Waals surface area contributed by atoms with Gasteiger partial charge in [-0.3, -0.25) is 0 Å². The third kappa shape index (κ3) is 3.72. The number of aliphatic hydroxyl groups excluding tert-OH is 1. The fourth-order valence-corrected chi connectivity index (χ4v) is 2.07. The van der Waals surface area contributed by atoms with Crippen molar-refractivity contribution in [2.75, 3.05) is 13.7 Å². The number of benzene rings is 1. The highest BCUT2D eigenvalue weighted by Gasteiger charge is 2.11. The summed E-state index contributed by atoms with van der Waals surface area (Å²) in [4.78, 5) is 0. The maximum atomic E-state index is 13.1. The molecular formula is C14H15Cl2FO2. The van der Waals surface area contributed by atoms with E-state index in [1.54, 1.807) is 19.1 Å². The van der Waals surface area contributed by atoms with Gasteiger partial charge in [0.15, 0.2) is 0 Å². The average molecular weight is 305 g/mol. The fraction of sp³-hybridized carbons (Fsp3) is 0.286. The zero-order valence-electron chi connectivity index (χ0n) is 10.9. The van der Waals surface area contributed by atoms with Gasteiger partial charge in [0.05, 0.1) is 23.8 Å². The molecule has 0 aromatic heterocycles. The quantitative estimate of drug-likeness (QED) is 0.826. The Kier molecular flexibility index (Phi) is 5.85. The van der Waals surface area contributed by atoms with Gasteiger partial charge in [0.1, 0.15) is 11.6 Å². The number of aliphatic hydroxyl groups is 1. The molecule has 0 bridgehead atoms. The molecule has 0 fully saturated rings. The molecule has 0 aliphatic heterocycles. The van der Waals surface area contributed by atoms with Crippen molar-refractivity contribution in [2.45, 2.75) is 13.8 Å². The van der Waals surface area contributed by atoms with Gasteiger partial charge in [0.25, 0.3) is 0 Å². The molecule has 0 radical (unpaired) electrons. The molecule has 1 aromatic carbocycles. The number of rotatable bonds is 4. The molecule has 19 heavy (non-hydrogen) atoms. The molecule has 0 aliphatic carbocycles. The van der Waals surface area contributed by atoms with E-state index in [2.05, 4.69) is 0 Å². The highest BCUT2D eigenvalue weighted by Crippen LogP contribution is 2.35. The topological polar surface area (TPSA) is 29.5 Å². The second kappa shape index (κ2) is 6.94. The van der Waals surface area contributed by atoms with Crippen molar-refractivity contribution < 1.29 is 14.2 Å². The Morgan fingerprint density at radius 1 is 1.47 bits per heavy atom. The lowest BCUT2D eigenvalue weighted by molar-refractivity contribution is 0.296. The van der Waals surface area contributed by atoms with Crippen LogP contribution >= 0.6 is 23.2 Å². The summed E-state index contributed by atoms with van der Waals surface area (Å²) in [5.74, 6) is 0.00896. The van der Waals surface area contributed by atoms with Crippen molar-refractivity contribution in [1.29, 1.82) is 0 Å². The normalized spacial score (nSPS) is 12.8. The molecule has 0 saturated carbocycles. The summed E-state index contributed by atoms with van der Waals surface area (Å²) in [6.07, 6.45) is 3.13. The zero-order chi connectivity index (χ0) is 14.6. The third-order valence-electron chi connectivity index (χ3n) is 2.74. The average Bonchev–Trinajstić information content (AvgIpc) is 2.41. The van der Waals surface area contributed by atoms with Crippen molar-refractivity contribution in [3.63, 3.8) is 0 Å². The van der Waals surface area contributed by atoms with Gasteiger partial charge in [-0.25, -0.2) is 4.39 Å². The monoisotopic (exact) mass is 304 g/mol. The standard InChI is InChI=1S/C14H15Cl2FO2/c1-8(12(17)7-18)4-5-10-11(15)6-13(19-3)9(2)14(10)16/h4-6,18H,7H2,1-3H3. The molecule has 0 heterocycles. The summed E-state index contributed by atoms with van der Waals surface area (Å²) in [7, 11) is 1.54. The predicted octanol–water partition coefficient (Wildman–Crippen LogP) is 4.56. The molecule has 1 aromatic rings. The van der Waals surface area contributed by atoms with Gasteiger partial charge in [-0.15, -0.1) is 0 Å². The minimum absolute atomic E-state index is 0.322. The lowest BCUT2D eigenvalue weighted by atomic mass is 10.1. The van der Waals surface area contributed by atoms with Crippen LogP contribution in [0.3, 0.4) is 0 Å². The van der Waals surface area contributed by atoms with Gasteiger partial charge in [0.2, 0.25) is 0 Å². The number of hydrogen-bond acceptors (Lipinski definition) is 2. The molecule has 1 rings (SSSR count). The van der Waals surface area contributed by atoms with Gasteiger partial charge in [-0.2, -0.15) is 0 Å². The van der Waals surface area contributed by atoms with E-state index in [1.165, 1.54) is 13.2 Å². The van der Waals surface area contributed by atoms with E-state index >= 15 is 0 Å². The molecule has 104 valence electrons. The number of ether oxygens (including phenoxy) is 1. The molecule has 0 saturated heterocycles. The Balaban J connectivity index is 3.23. The van der Waals surface area contributed by atoms with Crippen LogP contribution in [0.15, 0.2) is 23.5 Å². The van der Waals surface area contributed by atoms with Crippen LogP contribution in [0.25, 0.3) is 6.08 Å². The summed E-state index contributed by atoms with van der Waals surface area (Å²) in [6.45, 7) is 2.74. The molecule has 0 spiro atoms. The first-order valence-electron chi connectivity index (χ1n) is 5.59. The summed E-state index contributed by atoms with van der Waals surface area (Å²) >= 11 is 12.3. The van der Waals surface area contributed by atoms with Crippen LogP contribution in [-0.4, -0.2) is 18.8 Å². The van der Waals surface area contributed by atoms with E-state index in [1.807, 2.05) is 6.92 Å². The lowest BCUT2D eigenvalue weighted by Crippen LogP contribution is -1.91. The second-order valence-electron chi connectivity index (χ2n) is 3.99. The number of hydrogen-bond donors (Lipinski definition) is 1. The van der Waals surface area contributed by atoms with Gasteiger partial charge < -0.3 is 9.84 Å². The molecule has 0 unspecified atom stereocenters. The van der Waals surface area contributed by atoms with E-state index in [0.717, 1.165) is 5.56 Å². The van der Waals surface area contributed by atoms with Crippen molar-refractivity contribution >= 4 is 29.3 Å². The van der Waals surface area contributed by atoms with Gasteiger partial charge >= 0.3 is 0 Å². The number of halogens is 3. The van der Waals surface area contributed by atoms with E-state index in [4.69, 9.17) is 33.0 Å². The Labute approximate surface area is 122 Å². The Bertz CT molecular complexity index is 537. The predicted molar refractivity (Wildman–Crippen MR) is 77.7 cm³/mol. The Hall–Kier alpha value is -1.03. The number of methoxy groups -OCH3 is 1. The third-order valence-corrected chi connectivity index (χ3v) is 3.54. The minimum atomic E-state index is -0.626. The molecule has 0 aliphatic rings. The zero-order valence-corrected chi connectivity index (χ0v) is 12.4. The molecular weight excluding hydrogens is 290 g/mol. The summed E-state index contributed by atoms with van der Waals surface area (Å²) in [6, 6.07) is 1.66. The van der Waals surface area contributed by atoms with Crippen molar-refractivity contribution in [1.82, 2.24) is 0 Å². The van der Waals surface area contributed by atoms with E-state index in [-0.39, 0.29) is 0 Å². The lowest BCUT2D eigenvalue weighted by Gasteiger charge is -2.10. The smallest absolute Gasteiger partial charge is 0.128 e. The molecule has 2 nitrogen and oxygen atoms in total. The Morgan fingerprint density at radius 3 is 2.63 bits per heavy atom. The largest absolute Gasteiger partial charge is 0.496 e. The first-order valence-corrected chi connectivity index (χ1v) is 6.34. The van der Waals surface area contributed by atoms with Gasteiger partial charge in [-0.1, -0.05) is 35.4 Å². The van der Waals surface area contributed by atoms with Crippen LogP contribution in [0.2, 0.25) is 10.0 Å². The first-order chi connectivity index (χ1) is 8.92. The van der Waals surface area contributed by atoms with Gasteiger partial charge in [-0.05, 0) is 25.5 Å². The highest BCUT2D eigenvalue weighted by molar-refractivity contribution is 6.37. The maximum Gasteiger partial charge on any atom is 0.128 e. The van der Waals surface area contributed by atoms with Crippen LogP contribution in [0.1, 0.15) is 18.1 Å². The minimum Gasteiger partial charge on any atom is -0.496 e. The van der Waals surface area contributed by atoms with Crippen molar-refractivity contribution in [3.8, 4) is 5.75 Å². The van der Waals surface area contributed by atoms with Crippen LogP contribution in [0.4, 0.5) is 4.39 Å². The Morgan fingerprint density at radius 2 is 2.11 bits per heavy atom. The second-order valence-corrected chi connectivity index (χ2v) is 4.78. The molecule has 1 N–H and O–H groups in total. The summed E-state index contributed by atoms with van der Waals surface area (Å²) in [5.41, 5.74) is 1.67.